The average molecular weight is 421 g/mol. The van der Waals surface area contributed by atoms with Crippen LogP contribution in [0.5, 0.6) is 0 Å². The van der Waals surface area contributed by atoms with E-state index in [0.717, 1.165) is 10.5 Å². The van der Waals surface area contributed by atoms with Gasteiger partial charge in [0.1, 0.15) is 18.3 Å². The van der Waals surface area contributed by atoms with E-state index in [4.69, 9.17) is 4.74 Å². The Balaban J connectivity index is 1.61. The van der Waals surface area contributed by atoms with Crippen LogP contribution in [0.2, 0.25) is 0 Å². The van der Waals surface area contributed by atoms with Crippen molar-refractivity contribution in [1.82, 2.24) is 10.2 Å². The second kappa shape index (κ2) is 7.54. The molecule has 0 aromatic heterocycles. The molecule has 0 fully saturated rings. The standard InChI is InChI=1S/C23H23N3O5/c1-23(2,3)31-22(30)24-17-12-14-8-4-7-11-18(14)25(21(17)29)13-26-19(27)15-9-5-6-10-16(15)20(26)28/h4-11,17H,12-13H2,1-3H3,(H,24,30)/t17-/m0/s1. The Hall–Kier alpha value is -3.68. The highest BCUT2D eigenvalue weighted by atomic mass is 16.6. The Morgan fingerprint density at radius 1 is 0.968 bits per heavy atom. The fourth-order valence-electron chi connectivity index (χ4n) is 3.78. The van der Waals surface area contributed by atoms with E-state index in [-0.39, 0.29) is 13.1 Å². The van der Waals surface area contributed by atoms with Crippen molar-refractivity contribution < 1.29 is 23.9 Å². The summed E-state index contributed by atoms with van der Waals surface area (Å²) in [6.45, 7) is 4.96. The minimum atomic E-state index is -0.875. The Morgan fingerprint density at radius 3 is 2.16 bits per heavy atom. The van der Waals surface area contributed by atoms with E-state index >= 15 is 0 Å². The van der Waals surface area contributed by atoms with Crippen molar-refractivity contribution in [2.45, 2.75) is 38.8 Å². The van der Waals surface area contributed by atoms with Crippen LogP contribution >= 0.6 is 0 Å². The number of amides is 4. The molecular weight excluding hydrogens is 398 g/mol. The molecule has 8 heteroatoms. The number of fused-ring (bicyclic) bond motifs is 2. The highest BCUT2D eigenvalue weighted by Crippen LogP contribution is 2.30. The maximum Gasteiger partial charge on any atom is 0.408 e. The number of carbonyl (C=O) groups is 4. The van der Waals surface area contributed by atoms with Gasteiger partial charge in [-0.3, -0.25) is 24.2 Å². The van der Waals surface area contributed by atoms with Gasteiger partial charge in [0.15, 0.2) is 0 Å². The van der Waals surface area contributed by atoms with Crippen molar-refractivity contribution >= 4 is 29.5 Å². The number of hydrogen-bond donors (Lipinski definition) is 1. The number of carbonyl (C=O) groups excluding carboxylic acids is 4. The number of benzene rings is 2. The molecule has 2 heterocycles. The molecule has 0 unspecified atom stereocenters. The van der Waals surface area contributed by atoms with Crippen LogP contribution < -0.4 is 10.2 Å². The summed E-state index contributed by atoms with van der Waals surface area (Å²) in [6, 6.07) is 12.9. The van der Waals surface area contributed by atoms with E-state index in [0.29, 0.717) is 16.8 Å². The van der Waals surface area contributed by atoms with Crippen molar-refractivity contribution in [3.8, 4) is 0 Å². The molecule has 8 nitrogen and oxygen atoms in total. The first-order valence-corrected chi connectivity index (χ1v) is 10.00. The van der Waals surface area contributed by atoms with E-state index in [9.17, 15) is 19.2 Å². The monoisotopic (exact) mass is 421 g/mol. The lowest BCUT2D eigenvalue weighted by molar-refractivity contribution is -0.121. The number of ether oxygens (including phenoxy) is 1. The summed E-state index contributed by atoms with van der Waals surface area (Å²) in [6.07, 6.45) is -0.418. The summed E-state index contributed by atoms with van der Waals surface area (Å²) in [4.78, 5) is 53.5. The Morgan fingerprint density at radius 2 is 1.55 bits per heavy atom. The third-order valence-electron chi connectivity index (χ3n) is 5.12. The topological polar surface area (TPSA) is 96.0 Å². The molecule has 2 aromatic carbocycles. The van der Waals surface area contributed by atoms with Gasteiger partial charge >= 0.3 is 6.09 Å². The molecule has 0 saturated carbocycles. The predicted molar refractivity (Wildman–Crippen MR) is 113 cm³/mol. The first-order valence-electron chi connectivity index (χ1n) is 10.00. The molecule has 2 aliphatic heterocycles. The van der Waals surface area contributed by atoms with Crippen LogP contribution in [-0.2, 0) is 16.0 Å². The highest BCUT2D eigenvalue weighted by Gasteiger charge is 2.41. The lowest BCUT2D eigenvalue weighted by atomic mass is 9.97. The lowest BCUT2D eigenvalue weighted by Gasteiger charge is -2.36. The molecular formula is C23H23N3O5. The van der Waals surface area contributed by atoms with Crippen LogP contribution in [0, 0.1) is 0 Å². The smallest absolute Gasteiger partial charge is 0.408 e. The zero-order valence-electron chi connectivity index (χ0n) is 17.5. The number of hydrogen-bond acceptors (Lipinski definition) is 5. The van der Waals surface area contributed by atoms with Crippen molar-refractivity contribution in [3.63, 3.8) is 0 Å². The van der Waals surface area contributed by atoms with E-state index in [1.807, 2.05) is 12.1 Å². The molecule has 160 valence electrons. The van der Waals surface area contributed by atoms with Crippen molar-refractivity contribution in [2.75, 3.05) is 11.6 Å². The van der Waals surface area contributed by atoms with Gasteiger partial charge in [-0.1, -0.05) is 30.3 Å². The van der Waals surface area contributed by atoms with Crippen LogP contribution in [0.15, 0.2) is 48.5 Å². The first kappa shape index (κ1) is 20.6. The normalized spacial score (nSPS) is 18.0. The molecule has 1 N–H and O–H groups in total. The van der Waals surface area contributed by atoms with Crippen LogP contribution in [0.25, 0.3) is 0 Å². The van der Waals surface area contributed by atoms with Gasteiger partial charge < -0.3 is 10.1 Å². The van der Waals surface area contributed by atoms with Gasteiger partial charge in [0, 0.05) is 12.1 Å². The third kappa shape index (κ3) is 3.88. The molecule has 0 bridgehead atoms. The summed E-state index contributed by atoms with van der Waals surface area (Å²) in [5, 5.41) is 2.62. The molecule has 2 aromatic rings. The largest absolute Gasteiger partial charge is 0.444 e. The van der Waals surface area contributed by atoms with Crippen LogP contribution in [0.1, 0.15) is 47.1 Å². The summed E-state index contributed by atoms with van der Waals surface area (Å²) in [5.74, 6) is -1.32. The van der Waals surface area contributed by atoms with Gasteiger partial charge in [-0.15, -0.1) is 0 Å². The molecule has 0 saturated heterocycles. The summed E-state index contributed by atoms with van der Waals surface area (Å²) >= 11 is 0. The molecule has 31 heavy (non-hydrogen) atoms. The minimum absolute atomic E-state index is 0.241. The Kier molecular flexibility index (Phi) is 5.00. The number of nitrogens with zero attached hydrogens (tertiary/aromatic N) is 2. The van der Waals surface area contributed by atoms with E-state index in [1.54, 1.807) is 57.2 Å². The Bertz CT molecular complexity index is 1050. The second-order valence-corrected chi connectivity index (χ2v) is 8.52. The fraction of sp³-hybridized carbons (Fsp3) is 0.304. The SMILES string of the molecule is CC(C)(C)OC(=O)N[C@H]1Cc2ccccc2N(CN2C(=O)c3ccccc3C2=O)C1=O. The molecule has 0 spiro atoms. The van der Waals surface area contributed by atoms with Gasteiger partial charge in [0.2, 0.25) is 0 Å². The van der Waals surface area contributed by atoms with Crippen molar-refractivity contribution in [3.05, 3.63) is 65.2 Å². The van der Waals surface area contributed by atoms with Gasteiger partial charge in [-0.05, 0) is 44.5 Å². The first-order chi connectivity index (χ1) is 14.7. The maximum atomic E-state index is 13.3. The zero-order valence-corrected chi connectivity index (χ0v) is 17.5. The van der Waals surface area contributed by atoms with Crippen LogP contribution in [-0.4, -0.2) is 47.0 Å². The molecule has 0 radical (unpaired) electrons. The van der Waals surface area contributed by atoms with Crippen LogP contribution in [0.4, 0.5) is 10.5 Å². The number of nitrogens with one attached hydrogen (secondary N) is 1. The van der Waals surface area contributed by atoms with E-state index in [2.05, 4.69) is 5.32 Å². The summed E-state index contributed by atoms with van der Waals surface area (Å²) in [5.41, 5.74) is 1.34. The number of anilines is 1. The number of imide groups is 1. The zero-order chi connectivity index (χ0) is 22.3. The molecule has 4 rings (SSSR count). The Labute approximate surface area is 179 Å². The van der Waals surface area contributed by atoms with Crippen molar-refractivity contribution in [2.24, 2.45) is 0 Å². The van der Waals surface area contributed by atoms with Gasteiger partial charge in [0.05, 0.1) is 11.1 Å². The summed E-state index contributed by atoms with van der Waals surface area (Å²) < 4.78 is 5.28. The van der Waals surface area contributed by atoms with E-state index < -0.39 is 35.5 Å². The maximum absolute atomic E-state index is 13.3. The quantitative estimate of drug-likeness (QED) is 0.769. The lowest BCUT2D eigenvalue weighted by Crippen LogP contribution is -2.56. The van der Waals surface area contributed by atoms with Gasteiger partial charge in [0.25, 0.3) is 17.7 Å². The number of para-hydroxylation sites is 1. The van der Waals surface area contributed by atoms with E-state index in [1.165, 1.54) is 4.90 Å². The van der Waals surface area contributed by atoms with Crippen LogP contribution in [0.3, 0.4) is 0 Å². The minimum Gasteiger partial charge on any atom is -0.444 e. The number of alkyl carbamates (subject to hydrolysis) is 1. The van der Waals surface area contributed by atoms with Gasteiger partial charge in [-0.25, -0.2) is 4.79 Å². The third-order valence-corrected chi connectivity index (χ3v) is 5.12. The summed E-state index contributed by atoms with van der Waals surface area (Å²) in [7, 11) is 0. The average Bonchev–Trinajstić information content (AvgIpc) is 2.94. The second-order valence-electron chi connectivity index (χ2n) is 8.52. The molecule has 2 aliphatic rings. The molecule has 1 atom stereocenters. The van der Waals surface area contributed by atoms with Gasteiger partial charge in [-0.2, -0.15) is 0 Å². The number of rotatable bonds is 3. The fourth-order valence-corrected chi connectivity index (χ4v) is 3.78. The molecule has 0 aliphatic carbocycles. The van der Waals surface area contributed by atoms with Crippen molar-refractivity contribution in [1.29, 1.82) is 0 Å². The predicted octanol–water partition coefficient (Wildman–Crippen LogP) is 2.72. The molecule has 4 amide bonds. The highest BCUT2D eigenvalue weighted by molar-refractivity contribution is 6.21.